The minimum Gasteiger partial charge on any atom is -0.447 e. The van der Waals surface area contributed by atoms with Crippen LogP contribution in [0.1, 0.15) is 194 Å². The topological polar surface area (TPSA) is 413 Å². The molecule has 122 heavy (non-hydrogen) atoms. The molecule has 5 amide bonds. The van der Waals surface area contributed by atoms with Crippen LogP contribution < -0.4 is 26.6 Å². The molecule has 0 aliphatic heterocycles. The molecule has 0 aromatic heterocycles. The van der Waals surface area contributed by atoms with Gasteiger partial charge in [0.1, 0.15) is 13.2 Å². The molecule has 0 heterocycles. The first-order valence-electron chi connectivity index (χ1n) is 44.9. The summed E-state index contributed by atoms with van der Waals surface area (Å²) >= 11 is 20.4. The number of carbonyl (C=O) groups excluding carboxylic acids is 5. The summed E-state index contributed by atoms with van der Waals surface area (Å²) in [5.74, 6) is 3.75. The van der Waals surface area contributed by atoms with Gasteiger partial charge in [0.2, 0.25) is 17.7 Å². The molecule has 0 rings (SSSR count). The highest BCUT2D eigenvalue weighted by Crippen LogP contribution is 2.13. The van der Waals surface area contributed by atoms with Crippen LogP contribution in [0.15, 0.2) is 0 Å². The Kier molecular flexibility index (Phi) is 127. The molecule has 0 aromatic carbocycles. The van der Waals surface area contributed by atoms with Crippen LogP contribution in [0.3, 0.4) is 0 Å². The van der Waals surface area contributed by atoms with Crippen molar-refractivity contribution in [2.75, 3.05) is 306 Å². The van der Waals surface area contributed by atoms with E-state index in [1.807, 2.05) is 0 Å². The fourth-order valence-corrected chi connectivity index (χ4v) is 10.7. The summed E-state index contributed by atoms with van der Waals surface area (Å²) < 4.78 is 96.2. The molecule has 33 nitrogen and oxygen atoms in total. The van der Waals surface area contributed by atoms with E-state index >= 15 is 0 Å². The third-order valence-corrected chi connectivity index (χ3v) is 17.6. The normalized spacial score (nSPS) is 11.4. The van der Waals surface area contributed by atoms with Crippen LogP contribution >= 0.6 is 63.1 Å². The minimum absolute atomic E-state index is 0.00654. The summed E-state index contributed by atoms with van der Waals surface area (Å²) in [6.45, 7) is 22.1. The van der Waals surface area contributed by atoms with Crippen LogP contribution in [0.4, 0.5) is 9.59 Å². The first-order valence-corrected chi connectivity index (χ1v) is 48.1. The smallest absolute Gasteiger partial charge is 0.407 e. The third-order valence-electron chi connectivity index (χ3n) is 16.2. The SMILES string of the molecule is CCCOCCOCCNC(=O)CCS.CCCOCCOCCOCCNC(=O)OCCOCCOCCOCCOCCCCCCCCCCCCS.O=C(CCCCCS)NCC(O)CO.O=C(CCS)NCC(O)CO.O=C(NCCOCCOCCOCCO)OCCOCCOCCOCCOCCCCCCCCCCCCS. The number of thiol groups is 5. The van der Waals surface area contributed by atoms with Gasteiger partial charge in [-0.1, -0.05) is 123 Å². The molecule has 0 saturated heterocycles. The molecular formula is C84H173N5O28S5. The summed E-state index contributed by atoms with van der Waals surface area (Å²) in [6, 6.07) is 0. The van der Waals surface area contributed by atoms with Crippen molar-refractivity contribution in [1.82, 2.24) is 26.6 Å². The van der Waals surface area contributed by atoms with Crippen molar-refractivity contribution < 1.29 is 135 Å². The van der Waals surface area contributed by atoms with Gasteiger partial charge in [0, 0.05) is 78.4 Å². The zero-order chi connectivity index (χ0) is 90.3. The minimum atomic E-state index is -0.862. The van der Waals surface area contributed by atoms with Gasteiger partial charge in [-0.15, -0.1) is 0 Å². The number of alkyl carbamates (subject to hydrolysis) is 2. The van der Waals surface area contributed by atoms with Crippen LogP contribution in [0.25, 0.3) is 0 Å². The van der Waals surface area contributed by atoms with Crippen LogP contribution in [-0.4, -0.2) is 374 Å². The Hall–Kier alpha value is -2.14. The van der Waals surface area contributed by atoms with Crippen LogP contribution in [-0.2, 0) is 99.6 Å². The van der Waals surface area contributed by atoms with Gasteiger partial charge in [0.25, 0.3) is 0 Å². The third kappa shape index (κ3) is 129. The largest absolute Gasteiger partial charge is 0.447 e. The first kappa shape index (κ1) is 128. The maximum Gasteiger partial charge on any atom is 0.407 e. The number of hydrogen-bond acceptors (Lipinski definition) is 33. The van der Waals surface area contributed by atoms with Gasteiger partial charge in [0.15, 0.2) is 0 Å². The summed E-state index contributed by atoms with van der Waals surface area (Å²) in [4.78, 5) is 56.0. The highest BCUT2D eigenvalue weighted by atomic mass is 32.1. The van der Waals surface area contributed by atoms with E-state index < -0.39 is 24.4 Å². The number of aliphatic hydroxyl groups excluding tert-OH is 5. The lowest BCUT2D eigenvalue weighted by atomic mass is 10.1. The molecular weight excluding hydrogens is 1690 g/mol. The van der Waals surface area contributed by atoms with E-state index in [2.05, 4.69) is 104 Å². The molecule has 0 saturated carbocycles. The first-order chi connectivity index (χ1) is 59.8. The van der Waals surface area contributed by atoms with Crippen molar-refractivity contribution in [3.8, 4) is 0 Å². The van der Waals surface area contributed by atoms with Crippen LogP contribution in [0, 0.1) is 0 Å². The number of amides is 5. The molecule has 10 N–H and O–H groups in total. The van der Waals surface area contributed by atoms with Crippen molar-refractivity contribution in [2.45, 2.75) is 206 Å². The molecule has 38 heteroatoms. The Labute approximate surface area is 761 Å². The lowest BCUT2D eigenvalue weighted by Crippen LogP contribution is -2.33. The molecule has 732 valence electrons. The molecule has 0 aliphatic carbocycles. The van der Waals surface area contributed by atoms with Gasteiger partial charge in [-0.25, -0.2) is 9.59 Å². The lowest BCUT2D eigenvalue weighted by Gasteiger charge is -2.09. The molecule has 0 bridgehead atoms. The monoisotopic (exact) mass is 1860 g/mol. The zero-order valence-corrected chi connectivity index (χ0v) is 79.5. The molecule has 0 aliphatic rings. The number of carbonyl (C=O) groups is 5. The fourth-order valence-electron chi connectivity index (χ4n) is 9.58. The van der Waals surface area contributed by atoms with E-state index in [-0.39, 0.29) is 63.8 Å². The van der Waals surface area contributed by atoms with E-state index in [1.54, 1.807) is 0 Å². The summed E-state index contributed by atoms with van der Waals surface area (Å²) in [5.41, 5.74) is 0. The number of nitrogens with one attached hydrogen (secondary N) is 5. The van der Waals surface area contributed by atoms with Gasteiger partial charge in [0.05, 0.1) is 217 Å². The highest BCUT2D eigenvalue weighted by Gasteiger charge is 2.09. The second kappa shape index (κ2) is 121. The summed E-state index contributed by atoms with van der Waals surface area (Å²) in [6.07, 6.45) is 29.6. The molecule has 0 spiro atoms. The lowest BCUT2D eigenvalue weighted by molar-refractivity contribution is -0.122. The Morgan fingerprint density at radius 3 is 0.730 bits per heavy atom. The van der Waals surface area contributed by atoms with Crippen molar-refractivity contribution in [3.63, 3.8) is 0 Å². The van der Waals surface area contributed by atoms with E-state index in [1.165, 1.54) is 116 Å². The standard InChI is InChI=1S/C30H61NO9S.C29H59NO10S.C10H21NO3S.C9H19NO3S.C6H13NO3S/c1-2-14-33-17-20-36-22-19-35-16-13-31-30(32)40-28-27-39-26-25-38-24-23-37-21-18-34-15-11-9-7-5-3-4-6-8-10-12-29-41;31-12-15-35-18-21-37-20-17-34-14-11-30-29(32)40-27-26-39-25-24-38-23-22-36-19-16-33-13-9-7-5-3-1-2-4-6-8-10-28-41;1-2-5-13-7-8-14-6-4-11-10(12)3-9-15;11-7-8(12)6-10-9(13)4-2-1-3-5-14;8-4-5(9)3-7-6(10)1-2-11/h41H,2-29H2,1H3,(H,31,32);31,41H,1-28H2,(H,30,32);15H,2-9H2,1H3,(H,11,12);8,11-12,14H,1-7H2,(H,10,13);5,8-9,11H,1-4H2,(H,7,10). The maximum atomic E-state index is 11.6. The Morgan fingerprint density at radius 2 is 0.459 bits per heavy atom. The van der Waals surface area contributed by atoms with Gasteiger partial charge in [-0.05, 0) is 80.1 Å². The number of hydrogen-bond donors (Lipinski definition) is 15. The molecule has 0 fully saturated rings. The number of rotatable bonds is 93. The van der Waals surface area contributed by atoms with Gasteiger partial charge in [-0.3, -0.25) is 14.4 Å². The van der Waals surface area contributed by atoms with E-state index in [0.717, 1.165) is 88.6 Å². The molecule has 2 unspecified atom stereocenters. The zero-order valence-electron chi connectivity index (χ0n) is 75.0. The maximum absolute atomic E-state index is 11.6. The van der Waals surface area contributed by atoms with E-state index in [9.17, 15) is 24.0 Å². The Morgan fingerprint density at radius 1 is 0.238 bits per heavy atom. The molecule has 0 aromatic rings. The molecule has 2 atom stereocenters. The van der Waals surface area contributed by atoms with Crippen LogP contribution in [0.2, 0.25) is 0 Å². The van der Waals surface area contributed by atoms with Crippen molar-refractivity contribution >= 4 is 93.1 Å². The van der Waals surface area contributed by atoms with Crippen molar-refractivity contribution in [3.05, 3.63) is 0 Å². The average Bonchev–Trinajstić information content (AvgIpc) is 1.02. The summed E-state index contributed by atoms with van der Waals surface area (Å²) in [5, 5.41) is 56.1. The van der Waals surface area contributed by atoms with Gasteiger partial charge < -0.3 is 137 Å². The fraction of sp³-hybridized carbons (Fsp3) is 0.940. The van der Waals surface area contributed by atoms with Crippen LogP contribution in [0.5, 0.6) is 0 Å². The second-order valence-corrected chi connectivity index (χ2v) is 29.5. The quantitative estimate of drug-likeness (QED) is 0.0201. The van der Waals surface area contributed by atoms with Crippen molar-refractivity contribution in [1.29, 1.82) is 0 Å². The number of unbranched alkanes of at least 4 members (excludes halogenated alkanes) is 20. The van der Waals surface area contributed by atoms with E-state index in [4.69, 9.17) is 111 Å². The average molecular weight is 1860 g/mol. The summed E-state index contributed by atoms with van der Waals surface area (Å²) in [7, 11) is 0. The number of aliphatic hydroxyl groups is 5. The van der Waals surface area contributed by atoms with E-state index in [0.29, 0.717) is 235 Å². The Bertz CT molecular complexity index is 1940. The second-order valence-electron chi connectivity index (χ2n) is 27.3. The van der Waals surface area contributed by atoms with Crippen molar-refractivity contribution in [2.24, 2.45) is 0 Å². The van der Waals surface area contributed by atoms with Gasteiger partial charge >= 0.3 is 12.2 Å². The molecule has 0 radical (unpaired) electrons. The number of ether oxygens (including phenoxy) is 18. The predicted octanol–water partition coefficient (Wildman–Crippen LogP) is 8.31. The highest BCUT2D eigenvalue weighted by molar-refractivity contribution is 7.80. The Balaban J connectivity index is -0.000000518. The van der Waals surface area contributed by atoms with Gasteiger partial charge in [-0.2, -0.15) is 63.1 Å². The predicted molar refractivity (Wildman–Crippen MR) is 494 cm³/mol.